The van der Waals surface area contributed by atoms with Crippen molar-refractivity contribution in [2.24, 2.45) is 5.41 Å². The molecular weight excluding hydrogens is 1020 g/mol. The lowest BCUT2D eigenvalue weighted by Gasteiger charge is -2.35. The Morgan fingerprint density at radius 1 is 0.974 bits per heavy atom. The van der Waals surface area contributed by atoms with Gasteiger partial charge in [0.25, 0.3) is 5.91 Å². The Labute approximate surface area is 452 Å². The van der Waals surface area contributed by atoms with Gasteiger partial charge in [-0.3, -0.25) is 24.1 Å². The zero-order chi connectivity index (χ0) is 54.6. The Balaban J connectivity index is 0.706. The Kier molecular flexibility index (Phi) is 16.8. The van der Waals surface area contributed by atoms with Crippen LogP contribution in [0, 0.1) is 12.3 Å². The number of aryl methyl sites for hydroxylation is 1. The van der Waals surface area contributed by atoms with Gasteiger partial charge >= 0.3 is 0 Å². The number of ether oxygens (including phenoxy) is 1. The predicted molar refractivity (Wildman–Crippen MR) is 289 cm³/mol. The van der Waals surface area contributed by atoms with Crippen molar-refractivity contribution < 1.29 is 37.4 Å². The first-order chi connectivity index (χ1) is 36.8. The summed E-state index contributed by atoms with van der Waals surface area (Å²) in [6.45, 7) is 9.76. The number of aliphatic hydroxyl groups excluding tert-OH is 1. The van der Waals surface area contributed by atoms with E-state index in [0.717, 1.165) is 52.8 Å². The van der Waals surface area contributed by atoms with Gasteiger partial charge in [-0.25, -0.2) is 23.1 Å². The van der Waals surface area contributed by atoms with Crippen molar-refractivity contribution in [1.29, 1.82) is 0 Å². The number of fused-ring (bicyclic) bond motifs is 1. The molecule has 24 heteroatoms. The number of likely N-dealkylation sites (tertiary alicyclic amines) is 1. The third-order valence-corrected chi connectivity index (χ3v) is 17.2. The van der Waals surface area contributed by atoms with Crippen LogP contribution in [-0.2, 0) is 48.8 Å². The lowest BCUT2D eigenvalue weighted by molar-refractivity contribution is -0.144. The second-order valence-electron chi connectivity index (χ2n) is 21.3. The molecule has 0 unspecified atom stereocenters. The van der Waals surface area contributed by atoms with E-state index in [1.54, 1.807) is 77.2 Å². The smallest absolute Gasteiger partial charge is 0.270 e. The summed E-state index contributed by atoms with van der Waals surface area (Å²) in [5.74, 6) is -1.10. The van der Waals surface area contributed by atoms with Crippen LogP contribution in [0.15, 0.2) is 77.4 Å². The van der Waals surface area contributed by atoms with Crippen LogP contribution in [0.1, 0.15) is 86.4 Å². The number of sulfonamides is 1. The molecule has 3 fully saturated rings. The number of benzene rings is 2. The molecule has 4 aromatic heterocycles. The molecule has 6 heterocycles. The van der Waals surface area contributed by atoms with Crippen LogP contribution in [-0.4, -0.2) is 169 Å². The number of rotatable bonds is 19. The molecule has 0 spiro atoms. The molecule has 6 aromatic rings. The summed E-state index contributed by atoms with van der Waals surface area (Å²) < 4.78 is 38.3. The highest BCUT2D eigenvalue weighted by Crippen LogP contribution is 2.35. The van der Waals surface area contributed by atoms with Gasteiger partial charge in [-0.2, -0.15) is 9.29 Å². The number of amides is 4. The molecule has 2 aliphatic heterocycles. The van der Waals surface area contributed by atoms with Gasteiger partial charge in [-0.1, -0.05) is 63.1 Å². The summed E-state index contributed by atoms with van der Waals surface area (Å²) in [6.07, 6.45) is 6.82. The maximum atomic E-state index is 14.1. The molecule has 77 heavy (non-hydrogen) atoms. The number of hydrogen-bond donors (Lipinski definition) is 4. The molecule has 4 N–H and O–H groups in total. The van der Waals surface area contributed by atoms with Crippen molar-refractivity contribution in [2.75, 3.05) is 65.3 Å². The summed E-state index contributed by atoms with van der Waals surface area (Å²) in [7, 11) is -0.299. The van der Waals surface area contributed by atoms with E-state index in [1.165, 1.54) is 9.21 Å². The van der Waals surface area contributed by atoms with Gasteiger partial charge in [-0.15, -0.1) is 16.4 Å². The van der Waals surface area contributed by atoms with E-state index in [4.69, 9.17) is 9.72 Å². The first-order valence-corrected chi connectivity index (χ1v) is 28.4. The first kappa shape index (κ1) is 55.1. The fourth-order valence-corrected chi connectivity index (χ4v) is 12.4. The minimum atomic E-state index is -3.78. The number of carbonyl (C=O) groups is 4. The number of anilines is 2. The average molecular weight is 1090 g/mol. The van der Waals surface area contributed by atoms with Gasteiger partial charge in [0.15, 0.2) is 0 Å². The quantitative estimate of drug-likeness (QED) is 0.0823. The van der Waals surface area contributed by atoms with Crippen LogP contribution in [0.25, 0.3) is 21.5 Å². The summed E-state index contributed by atoms with van der Waals surface area (Å²) in [5, 5.41) is 28.9. The van der Waals surface area contributed by atoms with Gasteiger partial charge in [0.2, 0.25) is 33.7 Å². The Bertz CT molecular complexity index is 3180. The number of nitrogens with one attached hydrogen (secondary N) is 3. The first-order valence-electron chi connectivity index (χ1n) is 26.0. The summed E-state index contributed by atoms with van der Waals surface area (Å²) in [6, 6.07) is 14.5. The Morgan fingerprint density at radius 3 is 2.38 bits per heavy atom. The molecule has 410 valence electrons. The fraction of sp³-hybridized carbons (Fsp3) is 0.491. The molecule has 2 saturated heterocycles. The molecule has 3 aliphatic rings. The Morgan fingerprint density at radius 2 is 1.70 bits per heavy atom. The molecule has 2 aromatic carbocycles. The van der Waals surface area contributed by atoms with Crippen molar-refractivity contribution in [3.8, 4) is 10.4 Å². The third kappa shape index (κ3) is 12.8. The molecule has 9 rings (SSSR count). The van der Waals surface area contributed by atoms with E-state index in [9.17, 15) is 32.7 Å². The van der Waals surface area contributed by atoms with Crippen molar-refractivity contribution in [3.05, 3.63) is 95.1 Å². The largest absolute Gasteiger partial charge is 0.391 e. The number of aliphatic hydroxyl groups is 1. The number of aromatic nitrogens is 7. The van der Waals surface area contributed by atoms with E-state index in [-0.39, 0.29) is 55.5 Å². The van der Waals surface area contributed by atoms with Gasteiger partial charge in [0.05, 0.1) is 45.9 Å². The number of carbonyl (C=O) groups excluding carboxylic acids is 4. The maximum Gasteiger partial charge on any atom is 0.270 e. The molecule has 22 nitrogen and oxygen atoms in total. The predicted octanol–water partition coefficient (Wildman–Crippen LogP) is 4.35. The molecule has 1 saturated carbocycles. The van der Waals surface area contributed by atoms with Gasteiger partial charge in [-0.05, 0) is 66.6 Å². The minimum absolute atomic E-state index is 0.0384. The number of β-amino-alcohol motifs (C(OH)–C–C–N with tert-alkyl or cyclic N) is 1. The van der Waals surface area contributed by atoms with Crippen LogP contribution < -0.4 is 16.0 Å². The minimum Gasteiger partial charge on any atom is -0.391 e. The van der Waals surface area contributed by atoms with E-state index < -0.39 is 45.4 Å². The molecule has 0 bridgehead atoms. The molecule has 0 radical (unpaired) electrons. The van der Waals surface area contributed by atoms with E-state index in [0.29, 0.717) is 67.9 Å². The van der Waals surface area contributed by atoms with Crippen LogP contribution >= 0.6 is 11.3 Å². The third-order valence-electron chi connectivity index (χ3n) is 14.4. The van der Waals surface area contributed by atoms with Crippen LogP contribution in [0.5, 0.6) is 0 Å². The molecule has 3 atom stereocenters. The van der Waals surface area contributed by atoms with Crippen molar-refractivity contribution in [3.63, 3.8) is 0 Å². The zero-order valence-electron chi connectivity index (χ0n) is 44.4. The van der Waals surface area contributed by atoms with Crippen LogP contribution in [0.3, 0.4) is 0 Å². The number of hydrogen-bond acceptors (Lipinski definition) is 16. The second-order valence-corrected chi connectivity index (χ2v) is 24.1. The van der Waals surface area contributed by atoms with E-state index >= 15 is 0 Å². The zero-order valence-corrected chi connectivity index (χ0v) is 46.0. The summed E-state index contributed by atoms with van der Waals surface area (Å²) in [4.78, 5) is 73.9. The summed E-state index contributed by atoms with van der Waals surface area (Å²) >= 11 is 1.56. The normalized spacial score (nSPS) is 18.2. The topological polar surface area (TPSA) is 255 Å². The van der Waals surface area contributed by atoms with Gasteiger partial charge in [0.1, 0.15) is 30.0 Å². The SMILES string of the molecule is Cc1ncsc1-c1ccc(CNC(=O)[C@@H]2C[C@@H](O)CN2C(=O)[C@@H](NC(=O)COCCn2cc(CN3CCN(S(=O)(=O)c4ccc(Nc5ncc6cc(C(=O)N(C)C)n(C7CCCC7)c6n5)cc4)CC3)nn2)C(C)(C)C)cc1. The summed E-state index contributed by atoms with van der Waals surface area (Å²) in [5.41, 5.74) is 6.54. The highest BCUT2D eigenvalue weighted by atomic mass is 32.2. The lowest BCUT2D eigenvalue weighted by atomic mass is 9.85. The second kappa shape index (κ2) is 23.5. The van der Waals surface area contributed by atoms with Gasteiger partial charge < -0.3 is 40.2 Å². The molecule has 4 amide bonds. The van der Waals surface area contributed by atoms with Crippen molar-refractivity contribution >= 4 is 67.7 Å². The monoisotopic (exact) mass is 1090 g/mol. The van der Waals surface area contributed by atoms with Crippen molar-refractivity contribution in [1.82, 2.24) is 64.2 Å². The molecule has 1 aliphatic carbocycles. The fourth-order valence-electron chi connectivity index (χ4n) is 10.2. The number of nitrogens with zero attached hydrogens (tertiary/aromatic N) is 11. The van der Waals surface area contributed by atoms with E-state index in [1.807, 2.05) is 58.0 Å². The standard InChI is InChI=1S/C53H68N14O8S2/c1-34-46(76-33-56-34)36-13-11-35(12-14-36)27-54-49(70)43-26-41(68)31-66(43)51(72)47(53(2,3)4)58-45(69)32-75-24-23-64-30-39(60-61-64)29-63-19-21-65(22-20-63)77(73,74)42-17-15-38(16-18-42)57-52-55-28-37-25-44(50(71)62(5)6)67(48(37)59-52)40-9-7-8-10-40/h11-18,25,28,30,33,40-41,43,47,68H,7-10,19-24,26-27,29,31-32H2,1-6H3,(H,54,70)(H,58,69)(H,55,57,59)/t41-,43+,47-/m1/s1. The van der Waals surface area contributed by atoms with Crippen LogP contribution in [0.4, 0.5) is 11.6 Å². The lowest BCUT2D eigenvalue weighted by Crippen LogP contribution is -2.58. The molecular formula is C53H68N14O8S2. The Hall–Kier alpha value is -6.70. The number of thiazole rings is 1. The highest BCUT2D eigenvalue weighted by Gasteiger charge is 2.44. The van der Waals surface area contributed by atoms with Crippen LogP contribution in [0.2, 0.25) is 0 Å². The highest BCUT2D eigenvalue weighted by molar-refractivity contribution is 7.89. The number of piperazine rings is 1. The van der Waals surface area contributed by atoms with Gasteiger partial charge in [0, 0.05) is 95.8 Å². The van der Waals surface area contributed by atoms with Crippen molar-refractivity contribution in [2.45, 2.75) is 109 Å². The van der Waals surface area contributed by atoms with E-state index in [2.05, 4.69) is 45.7 Å². The average Bonchev–Trinajstić information content (AvgIpc) is 4.29. The maximum absolute atomic E-state index is 14.1.